The minimum atomic E-state index is 0.794. The van der Waals surface area contributed by atoms with Crippen molar-refractivity contribution in [2.75, 3.05) is 6.54 Å². The number of nitrogens with one attached hydrogen (secondary N) is 1. The average molecular weight is 282 g/mol. The van der Waals surface area contributed by atoms with Gasteiger partial charge in [-0.15, -0.1) is 0 Å². The predicted octanol–water partition coefficient (Wildman–Crippen LogP) is 5.79. The summed E-state index contributed by atoms with van der Waals surface area (Å²) in [5.41, 5.74) is 0. The van der Waals surface area contributed by atoms with Gasteiger partial charge in [-0.2, -0.15) is 0 Å². The largest absolute Gasteiger partial charge is 0.314 e. The van der Waals surface area contributed by atoms with Crippen molar-refractivity contribution in [1.82, 2.24) is 5.32 Å². The van der Waals surface area contributed by atoms with Crippen molar-refractivity contribution >= 4 is 0 Å². The zero-order chi connectivity index (χ0) is 14.8. The van der Waals surface area contributed by atoms with Gasteiger partial charge in [-0.3, -0.25) is 0 Å². The fraction of sp³-hybridized carbons (Fsp3) is 1.00. The average Bonchev–Trinajstić information content (AvgIpc) is 2.49. The molecule has 1 heteroatoms. The summed E-state index contributed by atoms with van der Waals surface area (Å²) in [6, 6.07) is 0.794. The molecule has 1 saturated carbocycles. The summed E-state index contributed by atoms with van der Waals surface area (Å²) in [5.74, 6) is 2.92. The normalized spacial score (nSPS) is 25.1. The molecule has 1 aliphatic rings. The topological polar surface area (TPSA) is 12.0 Å². The van der Waals surface area contributed by atoms with Crippen LogP contribution in [0.25, 0.3) is 0 Å². The van der Waals surface area contributed by atoms with Crippen LogP contribution < -0.4 is 5.32 Å². The lowest BCUT2D eigenvalue weighted by atomic mass is 9.75. The molecule has 1 unspecified atom stereocenters. The maximum Gasteiger partial charge on any atom is 0.00979 e. The standard InChI is InChI=1S/C19H39N/c1-5-9-17-10-12-18(13-11-17)19(20-14-6-2)15-16(7-3)8-4/h16-20H,5-15H2,1-4H3. The monoisotopic (exact) mass is 281 g/mol. The Balaban J connectivity index is 2.46. The Kier molecular flexibility index (Phi) is 9.59. The van der Waals surface area contributed by atoms with Crippen LogP contribution in [0.5, 0.6) is 0 Å². The van der Waals surface area contributed by atoms with Crippen molar-refractivity contribution in [3.63, 3.8) is 0 Å². The summed E-state index contributed by atoms with van der Waals surface area (Å²) in [6.07, 6.45) is 14.2. The number of hydrogen-bond donors (Lipinski definition) is 1. The van der Waals surface area contributed by atoms with Gasteiger partial charge in [0.05, 0.1) is 0 Å². The summed E-state index contributed by atoms with van der Waals surface area (Å²) in [5, 5.41) is 3.89. The van der Waals surface area contributed by atoms with E-state index >= 15 is 0 Å². The molecule has 1 fully saturated rings. The van der Waals surface area contributed by atoms with Crippen molar-refractivity contribution in [2.45, 2.75) is 97.9 Å². The molecule has 0 amide bonds. The maximum absolute atomic E-state index is 3.89. The molecule has 0 radical (unpaired) electrons. The van der Waals surface area contributed by atoms with Gasteiger partial charge in [0, 0.05) is 6.04 Å². The first-order chi connectivity index (χ1) is 9.74. The van der Waals surface area contributed by atoms with Crippen LogP contribution in [-0.2, 0) is 0 Å². The van der Waals surface area contributed by atoms with E-state index in [4.69, 9.17) is 0 Å². The molecule has 120 valence electrons. The Morgan fingerprint density at radius 1 is 0.900 bits per heavy atom. The molecule has 1 aliphatic carbocycles. The zero-order valence-electron chi connectivity index (χ0n) is 14.6. The first-order valence-corrected chi connectivity index (χ1v) is 9.48. The fourth-order valence-electron chi connectivity index (χ4n) is 4.04. The lowest BCUT2D eigenvalue weighted by Crippen LogP contribution is -2.40. The lowest BCUT2D eigenvalue weighted by molar-refractivity contribution is 0.191. The maximum atomic E-state index is 3.89. The van der Waals surface area contributed by atoms with Gasteiger partial charge < -0.3 is 5.32 Å². The van der Waals surface area contributed by atoms with Gasteiger partial charge in [-0.1, -0.05) is 66.2 Å². The molecule has 0 bridgehead atoms. The first kappa shape index (κ1) is 18.0. The van der Waals surface area contributed by atoms with Gasteiger partial charge in [0.1, 0.15) is 0 Å². The number of rotatable bonds is 10. The molecule has 0 spiro atoms. The Bertz CT molecular complexity index is 214. The van der Waals surface area contributed by atoms with E-state index in [1.165, 1.54) is 70.8 Å². The molecular formula is C19H39N. The van der Waals surface area contributed by atoms with E-state index in [2.05, 4.69) is 33.0 Å². The minimum absolute atomic E-state index is 0.794. The summed E-state index contributed by atoms with van der Waals surface area (Å²) in [4.78, 5) is 0. The van der Waals surface area contributed by atoms with Crippen LogP contribution in [0, 0.1) is 17.8 Å². The second kappa shape index (κ2) is 10.7. The van der Waals surface area contributed by atoms with Crippen molar-refractivity contribution in [1.29, 1.82) is 0 Å². The van der Waals surface area contributed by atoms with Crippen molar-refractivity contribution < 1.29 is 0 Å². The molecule has 0 aromatic carbocycles. The van der Waals surface area contributed by atoms with E-state index in [1.807, 2.05) is 0 Å². The third-order valence-corrected chi connectivity index (χ3v) is 5.56. The van der Waals surface area contributed by atoms with Gasteiger partial charge in [0.2, 0.25) is 0 Å². The van der Waals surface area contributed by atoms with Gasteiger partial charge >= 0.3 is 0 Å². The lowest BCUT2D eigenvalue weighted by Gasteiger charge is -2.36. The van der Waals surface area contributed by atoms with Gasteiger partial charge in [0.25, 0.3) is 0 Å². The smallest absolute Gasteiger partial charge is 0.00979 e. The summed E-state index contributed by atoms with van der Waals surface area (Å²) in [7, 11) is 0. The highest BCUT2D eigenvalue weighted by Gasteiger charge is 2.28. The predicted molar refractivity (Wildman–Crippen MR) is 91.1 cm³/mol. The first-order valence-electron chi connectivity index (χ1n) is 9.48. The Labute approximate surface area is 128 Å². The second-order valence-electron chi connectivity index (χ2n) is 7.05. The highest BCUT2D eigenvalue weighted by Crippen LogP contribution is 2.35. The van der Waals surface area contributed by atoms with E-state index in [-0.39, 0.29) is 0 Å². The molecule has 1 atom stereocenters. The Hall–Kier alpha value is -0.0400. The highest BCUT2D eigenvalue weighted by molar-refractivity contribution is 4.83. The molecule has 0 aromatic heterocycles. The molecule has 0 aliphatic heterocycles. The zero-order valence-corrected chi connectivity index (χ0v) is 14.6. The Morgan fingerprint density at radius 3 is 2.05 bits per heavy atom. The van der Waals surface area contributed by atoms with Crippen molar-refractivity contribution in [2.24, 2.45) is 17.8 Å². The molecule has 1 rings (SSSR count). The van der Waals surface area contributed by atoms with Crippen LogP contribution in [0.3, 0.4) is 0 Å². The van der Waals surface area contributed by atoms with Crippen molar-refractivity contribution in [3.05, 3.63) is 0 Å². The quantitative estimate of drug-likeness (QED) is 0.534. The highest BCUT2D eigenvalue weighted by atomic mass is 14.9. The summed E-state index contributed by atoms with van der Waals surface area (Å²) < 4.78 is 0. The summed E-state index contributed by atoms with van der Waals surface area (Å²) in [6.45, 7) is 10.6. The van der Waals surface area contributed by atoms with E-state index in [1.54, 1.807) is 0 Å². The SMILES string of the molecule is CCCNC(CC(CC)CC)C1CCC(CCC)CC1. The molecule has 0 heterocycles. The molecule has 20 heavy (non-hydrogen) atoms. The van der Waals surface area contributed by atoms with Crippen LogP contribution in [-0.4, -0.2) is 12.6 Å². The van der Waals surface area contributed by atoms with E-state index < -0.39 is 0 Å². The van der Waals surface area contributed by atoms with Crippen LogP contribution in [0.1, 0.15) is 91.9 Å². The van der Waals surface area contributed by atoms with Gasteiger partial charge in [-0.05, 0) is 50.0 Å². The van der Waals surface area contributed by atoms with Crippen molar-refractivity contribution in [3.8, 4) is 0 Å². The molecule has 0 aromatic rings. The van der Waals surface area contributed by atoms with Crippen LogP contribution in [0.15, 0.2) is 0 Å². The second-order valence-corrected chi connectivity index (χ2v) is 7.05. The molecule has 0 saturated heterocycles. The van der Waals surface area contributed by atoms with Crippen LogP contribution >= 0.6 is 0 Å². The third kappa shape index (κ3) is 6.16. The van der Waals surface area contributed by atoms with E-state index in [9.17, 15) is 0 Å². The van der Waals surface area contributed by atoms with Gasteiger partial charge in [0.15, 0.2) is 0 Å². The molecule has 1 N–H and O–H groups in total. The van der Waals surface area contributed by atoms with Crippen LogP contribution in [0.2, 0.25) is 0 Å². The fourth-order valence-corrected chi connectivity index (χ4v) is 4.04. The van der Waals surface area contributed by atoms with Crippen LogP contribution in [0.4, 0.5) is 0 Å². The van der Waals surface area contributed by atoms with Gasteiger partial charge in [-0.25, -0.2) is 0 Å². The molecular weight excluding hydrogens is 242 g/mol. The van der Waals surface area contributed by atoms with E-state index in [0.29, 0.717) is 0 Å². The third-order valence-electron chi connectivity index (χ3n) is 5.56. The minimum Gasteiger partial charge on any atom is -0.314 e. The van der Waals surface area contributed by atoms with E-state index in [0.717, 1.165) is 23.8 Å². The summed E-state index contributed by atoms with van der Waals surface area (Å²) >= 11 is 0. The molecule has 1 nitrogen and oxygen atoms in total. The Morgan fingerprint density at radius 2 is 1.55 bits per heavy atom. The number of hydrogen-bond acceptors (Lipinski definition) is 1.